The fraction of sp³-hybridized carbons (Fsp3) is 0.0870. The van der Waals surface area contributed by atoms with Crippen LogP contribution in [0.15, 0.2) is 82.1 Å². The molecule has 3 aromatic carbocycles. The Morgan fingerprint density at radius 1 is 0.857 bits per heavy atom. The second kappa shape index (κ2) is 6.46. The van der Waals surface area contributed by atoms with Crippen LogP contribution in [0.25, 0.3) is 33.2 Å². The summed E-state index contributed by atoms with van der Waals surface area (Å²) in [6, 6.07) is 23.2. The molecule has 0 unspecified atom stereocenters. The summed E-state index contributed by atoms with van der Waals surface area (Å²) in [5, 5.41) is 5.49. The van der Waals surface area contributed by atoms with Crippen LogP contribution in [0.2, 0.25) is 0 Å². The summed E-state index contributed by atoms with van der Waals surface area (Å²) < 4.78 is 7.58. The Labute approximate surface area is 160 Å². The van der Waals surface area contributed by atoms with Gasteiger partial charge >= 0.3 is 0 Å². The third-order valence-electron chi connectivity index (χ3n) is 4.95. The number of aromatic nitrogens is 3. The summed E-state index contributed by atoms with van der Waals surface area (Å²) in [7, 11) is 0. The lowest BCUT2D eigenvalue weighted by Gasteiger charge is -2.13. The molecule has 5 heteroatoms. The molecule has 0 aliphatic rings. The molecule has 0 radical (unpaired) electrons. The maximum absolute atomic E-state index is 12.8. The second-order valence-electron chi connectivity index (χ2n) is 6.83. The van der Waals surface area contributed by atoms with Gasteiger partial charge in [-0.2, -0.15) is 4.98 Å². The molecule has 28 heavy (non-hydrogen) atoms. The van der Waals surface area contributed by atoms with E-state index in [0.717, 1.165) is 16.6 Å². The molecule has 5 rings (SSSR count). The Hall–Kier alpha value is -3.73. The SMILES string of the molecule is Cc1ccc(-c2noc(Cn3c4ccccc4c(=O)c4ccccc43)n2)cc1. The number of para-hydroxylation sites is 2. The Balaban J connectivity index is 1.65. The zero-order valence-electron chi connectivity index (χ0n) is 15.3. The molecule has 0 saturated carbocycles. The average Bonchev–Trinajstić information content (AvgIpc) is 3.20. The van der Waals surface area contributed by atoms with Gasteiger partial charge in [0.25, 0.3) is 0 Å². The first-order valence-corrected chi connectivity index (χ1v) is 9.10. The first-order valence-electron chi connectivity index (χ1n) is 9.10. The first kappa shape index (κ1) is 16.4. The van der Waals surface area contributed by atoms with Crippen molar-refractivity contribution >= 4 is 21.8 Å². The molecule has 0 spiro atoms. The van der Waals surface area contributed by atoms with E-state index in [1.165, 1.54) is 5.56 Å². The van der Waals surface area contributed by atoms with Gasteiger partial charge in [0, 0.05) is 16.3 Å². The van der Waals surface area contributed by atoms with Crippen molar-refractivity contribution in [3.8, 4) is 11.4 Å². The van der Waals surface area contributed by atoms with Gasteiger partial charge in [-0.15, -0.1) is 0 Å². The lowest BCUT2D eigenvalue weighted by Crippen LogP contribution is -2.12. The van der Waals surface area contributed by atoms with Gasteiger partial charge in [-0.1, -0.05) is 59.3 Å². The van der Waals surface area contributed by atoms with Gasteiger partial charge in [0.1, 0.15) is 6.54 Å². The van der Waals surface area contributed by atoms with Crippen LogP contribution in [0.3, 0.4) is 0 Å². The Bertz CT molecular complexity index is 1300. The lowest BCUT2D eigenvalue weighted by molar-refractivity contribution is 0.374. The highest BCUT2D eigenvalue weighted by atomic mass is 16.5. The second-order valence-corrected chi connectivity index (χ2v) is 6.83. The predicted molar refractivity (Wildman–Crippen MR) is 109 cm³/mol. The zero-order chi connectivity index (χ0) is 19.1. The predicted octanol–water partition coefficient (Wildman–Crippen LogP) is 4.56. The van der Waals surface area contributed by atoms with Crippen LogP contribution < -0.4 is 5.43 Å². The molecule has 136 valence electrons. The summed E-state index contributed by atoms with van der Waals surface area (Å²) >= 11 is 0. The van der Waals surface area contributed by atoms with Gasteiger partial charge in [0.05, 0.1) is 11.0 Å². The van der Waals surface area contributed by atoms with Crippen LogP contribution >= 0.6 is 0 Å². The van der Waals surface area contributed by atoms with E-state index in [2.05, 4.69) is 14.7 Å². The third-order valence-corrected chi connectivity index (χ3v) is 4.95. The van der Waals surface area contributed by atoms with E-state index in [4.69, 9.17) is 4.52 Å². The van der Waals surface area contributed by atoms with Crippen molar-refractivity contribution in [2.45, 2.75) is 13.5 Å². The van der Waals surface area contributed by atoms with Crippen molar-refractivity contribution in [1.82, 2.24) is 14.7 Å². The van der Waals surface area contributed by atoms with Gasteiger partial charge in [-0.25, -0.2) is 0 Å². The molecule has 0 atom stereocenters. The summed E-state index contributed by atoms with van der Waals surface area (Å²) in [6.45, 7) is 2.43. The molecule has 5 nitrogen and oxygen atoms in total. The molecule has 5 aromatic rings. The van der Waals surface area contributed by atoms with Crippen molar-refractivity contribution in [3.05, 3.63) is 94.5 Å². The maximum Gasteiger partial charge on any atom is 0.246 e. The molecule has 0 N–H and O–H groups in total. The summed E-state index contributed by atoms with van der Waals surface area (Å²) in [5.41, 5.74) is 3.82. The standard InChI is InChI=1S/C23H17N3O2/c1-15-10-12-16(13-11-15)23-24-21(28-25-23)14-26-19-8-4-2-6-17(19)22(27)18-7-3-5-9-20(18)26/h2-13H,14H2,1H3. The minimum atomic E-state index is 0.0355. The molecule has 0 amide bonds. The number of hydrogen-bond acceptors (Lipinski definition) is 4. The molecular formula is C23H17N3O2. The van der Waals surface area contributed by atoms with Gasteiger partial charge in [0.15, 0.2) is 5.43 Å². The quantitative estimate of drug-likeness (QED) is 0.439. The zero-order valence-corrected chi connectivity index (χ0v) is 15.3. The number of rotatable bonds is 3. The minimum Gasteiger partial charge on any atom is -0.337 e. The molecule has 2 aromatic heterocycles. The van der Waals surface area contributed by atoms with E-state index in [9.17, 15) is 4.79 Å². The fourth-order valence-corrected chi connectivity index (χ4v) is 3.52. The van der Waals surface area contributed by atoms with Gasteiger partial charge in [-0.05, 0) is 31.2 Å². The summed E-state index contributed by atoms with van der Waals surface area (Å²) in [4.78, 5) is 17.4. The highest BCUT2D eigenvalue weighted by Gasteiger charge is 2.14. The summed E-state index contributed by atoms with van der Waals surface area (Å²) in [6.07, 6.45) is 0. The lowest BCUT2D eigenvalue weighted by atomic mass is 10.1. The van der Waals surface area contributed by atoms with Crippen molar-refractivity contribution < 1.29 is 4.52 Å². The normalized spacial score (nSPS) is 11.3. The molecule has 0 aliphatic heterocycles. The van der Waals surface area contributed by atoms with E-state index >= 15 is 0 Å². The van der Waals surface area contributed by atoms with Gasteiger partial charge < -0.3 is 9.09 Å². The highest BCUT2D eigenvalue weighted by Crippen LogP contribution is 2.22. The first-order chi connectivity index (χ1) is 13.7. The van der Waals surface area contributed by atoms with Crippen LogP contribution in [-0.2, 0) is 6.54 Å². The van der Waals surface area contributed by atoms with E-state index in [1.54, 1.807) is 0 Å². The van der Waals surface area contributed by atoms with Crippen molar-refractivity contribution in [2.75, 3.05) is 0 Å². The van der Waals surface area contributed by atoms with Gasteiger partial charge in [0.2, 0.25) is 11.7 Å². The topological polar surface area (TPSA) is 60.9 Å². The average molecular weight is 367 g/mol. The minimum absolute atomic E-state index is 0.0355. The van der Waals surface area contributed by atoms with Crippen molar-refractivity contribution in [2.24, 2.45) is 0 Å². The Morgan fingerprint density at radius 2 is 1.46 bits per heavy atom. The molecular weight excluding hydrogens is 350 g/mol. The molecule has 0 saturated heterocycles. The van der Waals surface area contributed by atoms with E-state index in [-0.39, 0.29) is 5.43 Å². The Morgan fingerprint density at radius 3 is 2.11 bits per heavy atom. The van der Waals surface area contributed by atoms with Gasteiger partial charge in [-0.3, -0.25) is 4.79 Å². The fourth-order valence-electron chi connectivity index (χ4n) is 3.52. The Kier molecular flexibility index (Phi) is 3.79. The largest absolute Gasteiger partial charge is 0.337 e. The number of benzene rings is 3. The van der Waals surface area contributed by atoms with Crippen molar-refractivity contribution in [3.63, 3.8) is 0 Å². The number of pyridine rings is 1. The third kappa shape index (κ3) is 2.68. The highest BCUT2D eigenvalue weighted by molar-refractivity contribution is 5.93. The van der Waals surface area contributed by atoms with Crippen LogP contribution in [0.1, 0.15) is 11.5 Å². The monoisotopic (exact) mass is 367 g/mol. The molecule has 0 bridgehead atoms. The van der Waals surface area contributed by atoms with Crippen LogP contribution in [0, 0.1) is 6.92 Å². The maximum atomic E-state index is 12.8. The van der Waals surface area contributed by atoms with Crippen LogP contribution in [0.4, 0.5) is 0 Å². The number of aryl methyl sites for hydroxylation is 1. The van der Waals surface area contributed by atoms with Crippen LogP contribution in [-0.4, -0.2) is 14.7 Å². The molecule has 2 heterocycles. The smallest absolute Gasteiger partial charge is 0.246 e. The van der Waals surface area contributed by atoms with E-state index in [0.29, 0.717) is 29.0 Å². The van der Waals surface area contributed by atoms with E-state index in [1.807, 2.05) is 79.7 Å². The number of hydrogen-bond donors (Lipinski definition) is 0. The number of fused-ring (bicyclic) bond motifs is 2. The van der Waals surface area contributed by atoms with Crippen LogP contribution in [0.5, 0.6) is 0 Å². The number of nitrogens with zero attached hydrogens (tertiary/aromatic N) is 3. The summed E-state index contributed by atoms with van der Waals surface area (Å²) in [5.74, 6) is 1.05. The van der Waals surface area contributed by atoms with Crippen molar-refractivity contribution in [1.29, 1.82) is 0 Å². The van der Waals surface area contributed by atoms with E-state index < -0.39 is 0 Å². The molecule has 0 aliphatic carbocycles. The molecule has 0 fully saturated rings.